The molecule has 0 atom stereocenters. The lowest BCUT2D eigenvalue weighted by molar-refractivity contribution is -0.539. The number of fused-ring (bicyclic) bond motifs is 1. The summed E-state index contributed by atoms with van der Waals surface area (Å²) in [4.78, 5) is 2.37. The highest BCUT2D eigenvalue weighted by Gasteiger charge is 2.60. The Morgan fingerprint density at radius 1 is 0.492 bits per heavy atom. The summed E-state index contributed by atoms with van der Waals surface area (Å²) in [6.07, 6.45) is 45.2. The fourth-order valence-electron chi connectivity index (χ4n) is 8.62. The first-order chi connectivity index (χ1) is 30.6. The molecule has 1 aromatic carbocycles. The predicted octanol–water partition coefficient (Wildman–Crippen LogP) is 20.1. The highest BCUT2D eigenvalue weighted by molar-refractivity contribution is 8.42. The zero-order chi connectivity index (χ0) is 45.2. The van der Waals surface area contributed by atoms with Gasteiger partial charge in [0.15, 0.2) is 5.54 Å². The molecular formula is C53H89N2O2S6. The van der Waals surface area contributed by atoms with Gasteiger partial charge in [0.05, 0.1) is 22.5 Å². The van der Waals surface area contributed by atoms with Crippen molar-refractivity contribution in [1.29, 1.82) is 0 Å². The average molecular weight is 979 g/mol. The van der Waals surface area contributed by atoms with E-state index >= 15 is 0 Å². The van der Waals surface area contributed by atoms with E-state index in [4.69, 9.17) is 0 Å². The Hall–Kier alpha value is 0.0300. The van der Waals surface area contributed by atoms with E-state index in [0.717, 1.165) is 14.7 Å². The minimum atomic E-state index is -0.818. The third kappa shape index (κ3) is 19.2. The molecule has 0 fully saturated rings. The summed E-state index contributed by atoms with van der Waals surface area (Å²) in [5, 5.41) is 27.8. The molecule has 0 spiro atoms. The van der Waals surface area contributed by atoms with Crippen LogP contribution in [-0.4, -0.2) is 38.2 Å². The number of thioether (sulfide) groups is 6. The van der Waals surface area contributed by atoms with Gasteiger partial charge in [-0.05, 0) is 70.2 Å². The summed E-state index contributed by atoms with van der Waals surface area (Å²) >= 11 is 11.9. The fourth-order valence-corrected chi connectivity index (χ4v) is 17.4. The van der Waals surface area contributed by atoms with Gasteiger partial charge in [0.25, 0.3) is 0 Å². The van der Waals surface area contributed by atoms with Crippen molar-refractivity contribution in [2.24, 2.45) is 0 Å². The summed E-state index contributed by atoms with van der Waals surface area (Å²) in [5.74, 6) is 2.64. The molecule has 0 N–H and O–H groups in total. The smallest absolute Gasteiger partial charge is 0.316 e. The van der Waals surface area contributed by atoms with Crippen LogP contribution in [-0.2, 0) is 5.21 Å². The molecule has 0 aliphatic carbocycles. The van der Waals surface area contributed by atoms with Gasteiger partial charge in [0.1, 0.15) is 5.54 Å². The molecule has 4 rings (SSSR count). The second-order valence-electron chi connectivity index (χ2n) is 19.6. The van der Waals surface area contributed by atoms with E-state index in [0.29, 0.717) is 5.56 Å². The van der Waals surface area contributed by atoms with Gasteiger partial charge >= 0.3 is 5.84 Å². The van der Waals surface area contributed by atoms with Crippen molar-refractivity contribution in [2.45, 2.75) is 268 Å². The molecule has 1 radical (unpaired) electrons. The predicted molar refractivity (Wildman–Crippen MR) is 290 cm³/mol. The lowest BCUT2D eigenvalue weighted by Crippen LogP contribution is -2.53. The molecule has 3 aliphatic heterocycles. The van der Waals surface area contributed by atoms with Crippen LogP contribution >= 0.6 is 70.6 Å². The third-order valence-electron chi connectivity index (χ3n) is 13.7. The van der Waals surface area contributed by atoms with Gasteiger partial charge in [0.2, 0.25) is 0 Å². The van der Waals surface area contributed by atoms with Gasteiger partial charge in [-0.3, -0.25) is 4.74 Å². The normalized spacial score (nSPS) is 17.0. The fraction of sp³-hybridized carbons (Fsp3) is 0.792. The van der Waals surface area contributed by atoms with E-state index < -0.39 is 11.1 Å². The van der Waals surface area contributed by atoms with E-state index in [1.54, 1.807) is 0 Å². The highest BCUT2D eigenvalue weighted by atomic mass is 32.3. The maximum absolute atomic E-state index is 13.4. The number of unbranched alkanes of at least 4 members (excludes halogenated alkanes) is 30. The number of hydrogen-bond donors (Lipinski definition) is 0. The number of nitrogens with zero attached hydrogens (tertiary/aromatic N) is 2. The largest absolute Gasteiger partial charge is 0.714 e. The molecule has 10 heteroatoms. The number of hydroxylamine groups is 3. The number of hydrogen-bond acceptors (Lipinski definition) is 8. The summed E-state index contributed by atoms with van der Waals surface area (Å²) in [6.45, 7) is 12.1. The Bertz CT molecular complexity index is 1490. The Labute approximate surface area is 413 Å². The lowest BCUT2D eigenvalue weighted by atomic mass is 9.84. The van der Waals surface area contributed by atoms with Gasteiger partial charge in [0, 0.05) is 15.0 Å². The van der Waals surface area contributed by atoms with Gasteiger partial charge in [-0.25, -0.2) is 0 Å². The molecule has 63 heavy (non-hydrogen) atoms. The molecule has 3 aliphatic rings. The van der Waals surface area contributed by atoms with E-state index in [9.17, 15) is 10.4 Å². The maximum atomic E-state index is 13.4. The number of amidine groups is 1. The first-order valence-corrected chi connectivity index (χ1v) is 31.3. The molecule has 0 bridgehead atoms. The Morgan fingerprint density at radius 2 is 0.825 bits per heavy atom. The van der Waals surface area contributed by atoms with Crippen LogP contribution in [0.15, 0.2) is 44.9 Å². The molecule has 359 valence electrons. The number of rotatable bonds is 37. The summed E-state index contributed by atoms with van der Waals surface area (Å²) in [6, 6.07) is 6.15. The van der Waals surface area contributed by atoms with Crippen molar-refractivity contribution in [3.05, 3.63) is 45.9 Å². The van der Waals surface area contributed by atoms with Gasteiger partial charge < -0.3 is 5.21 Å². The van der Waals surface area contributed by atoms with Crippen LogP contribution in [0.2, 0.25) is 0 Å². The Kier molecular flexibility index (Phi) is 28.2. The van der Waals surface area contributed by atoms with Gasteiger partial charge in [-0.2, -0.15) is 0 Å². The van der Waals surface area contributed by atoms with E-state index in [2.05, 4.69) is 49.5 Å². The maximum Gasteiger partial charge on any atom is 0.316 e. The lowest BCUT2D eigenvalue weighted by Gasteiger charge is -2.32. The van der Waals surface area contributed by atoms with E-state index in [1.165, 1.54) is 239 Å². The highest BCUT2D eigenvalue weighted by Crippen LogP contribution is 2.64. The topological polar surface area (TPSA) is 49.2 Å². The van der Waals surface area contributed by atoms with Crippen LogP contribution in [0.25, 0.3) is 0 Å². The second kappa shape index (κ2) is 32.0. The van der Waals surface area contributed by atoms with Crippen molar-refractivity contribution >= 4 is 76.4 Å². The zero-order valence-corrected chi connectivity index (χ0v) is 45.8. The molecule has 1 aromatic rings. The van der Waals surface area contributed by atoms with Crippen LogP contribution in [0.4, 0.5) is 0 Å². The van der Waals surface area contributed by atoms with Crippen molar-refractivity contribution in [3.8, 4) is 0 Å². The van der Waals surface area contributed by atoms with Crippen LogP contribution in [0.5, 0.6) is 0 Å². The van der Waals surface area contributed by atoms with E-state index in [-0.39, 0.29) is 5.84 Å². The van der Waals surface area contributed by atoms with Gasteiger partial charge in [-0.1, -0.05) is 259 Å². The minimum absolute atomic E-state index is 0.228. The molecule has 0 saturated heterocycles. The van der Waals surface area contributed by atoms with Crippen molar-refractivity contribution in [3.63, 3.8) is 0 Å². The van der Waals surface area contributed by atoms with Crippen LogP contribution in [0, 0.1) is 5.21 Å². The Balaban J connectivity index is 1.17. The molecule has 0 aromatic heterocycles. The van der Waals surface area contributed by atoms with Crippen molar-refractivity contribution in [1.82, 2.24) is 5.06 Å². The quantitative estimate of drug-likeness (QED) is 0.0371. The molecule has 4 nitrogen and oxygen atoms in total. The Morgan fingerprint density at radius 3 is 1.17 bits per heavy atom. The molecule has 0 unspecified atom stereocenters. The van der Waals surface area contributed by atoms with Crippen LogP contribution < -0.4 is 0 Å². The first kappa shape index (κ1) is 55.6. The standard InChI is InChI=1S/C53H89N2O2S6/c1-7-9-11-13-15-17-19-21-23-25-27-29-31-33-35-37-41-58-48-49(59-42-38-36-34-32-30-28-26-24-22-20-18-16-14-12-10-8-2)63-51(62-48)50-60-45-40-39-44(43-46(45)61-50)47-54(56)52(3,4)53(5,6)55(47)57/h39-40,43H,7-38,41-42H2,1-6H3. The SMILES string of the molecule is CCCCCCCCCCCCCCCCCCSC1=C(SCCCCCCCCCCCCCCCCCC)SC(=C2Sc3ccc(C4=[N+]([O-])C(C)(C)C(C)(C)N4[O])cc3S2)S1. The second-order valence-corrected chi connectivity index (χ2v) is 26.9. The van der Waals surface area contributed by atoms with Gasteiger partial charge in [-0.15, -0.1) is 23.5 Å². The first-order valence-electron chi connectivity index (χ1n) is 26.0. The zero-order valence-electron chi connectivity index (χ0n) is 40.9. The van der Waals surface area contributed by atoms with Crippen molar-refractivity contribution < 1.29 is 9.95 Å². The summed E-state index contributed by atoms with van der Waals surface area (Å²) < 4.78 is 6.70. The third-order valence-corrected chi connectivity index (χ3v) is 22.4. The molecule has 0 saturated carbocycles. The molecule has 0 amide bonds. The van der Waals surface area contributed by atoms with Crippen LogP contribution in [0.1, 0.15) is 253 Å². The minimum Gasteiger partial charge on any atom is -0.714 e. The molecular weight excluding hydrogens is 889 g/mol. The van der Waals surface area contributed by atoms with Crippen molar-refractivity contribution in [2.75, 3.05) is 11.5 Å². The number of benzene rings is 1. The van der Waals surface area contributed by atoms with Crippen LogP contribution in [0.3, 0.4) is 0 Å². The summed E-state index contributed by atoms with van der Waals surface area (Å²) in [5.41, 5.74) is -0.922. The average Bonchev–Trinajstić information content (AvgIpc) is 3.92. The summed E-state index contributed by atoms with van der Waals surface area (Å²) in [7, 11) is 0. The molecule has 3 heterocycles. The van der Waals surface area contributed by atoms with E-state index in [1.807, 2.05) is 80.8 Å². The monoisotopic (exact) mass is 978 g/mol.